The predicted octanol–water partition coefficient (Wildman–Crippen LogP) is 5.47. The number of halogens is 3. The third-order valence-electron chi connectivity index (χ3n) is 4.05. The van der Waals surface area contributed by atoms with Gasteiger partial charge in [0.1, 0.15) is 0 Å². The van der Waals surface area contributed by atoms with E-state index in [1.54, 1.807) is 36.7 Å². The number of thiazole rings is 1. The van der Waals surface area contributed by atoms with Crippen LogP contribution >= 0.6 is 22.9 Å². The molecule has 0 atom stereocenters. The summed E-state index contributed by atoms with van der Waals surface area (Å²) in [5, 5.41) is 0.990. The Kier molecular flexibility index (Phi) is 5.02. The number of carbonyl (C=O) groups excluding carboxylic acids is 1. The highest BCUT2D eigenvalue weighted by Crippen LogP contribution is 2.32. The molecule has 0 saturated heterocycles. The Morgan fingerprint density at radius 1 is 1.11 bits per heavy atom. The van der Waals surface area contributed by atoms with Gasteiger partial charge in [-0.05, 0) is 48.0 Å². The summed E-state index contributed by atoms with van der Waals surface area (Å²) in [6.07, 6.45) is 3.26. The second kappa shape index (κ2) is 7.61. The van der Waals surface area contributed by atoms with E-state index in [9.17, 15) is 13.6 Å². The van der Waals surface area contributed by atoms with Crippen LogP contribution in [-0.2, 0) is 6.54 Å². The monoisotopic (exact) mass is 415 g/mol. The van der Waals surface area contributed by atoms with E-state index in [4.69, 9.17) is 11.6 Å². The van der Waals surface area contributed by atoms with Crippen LogP contribution in [0, 0.1) is 11.6 Å². The van der Waals surface area contributed by atoms with Crippen LogP contribution in [0.2, 0.25) is 5.02 Å². The lowest BCUT2D eigenvalue weighted by molar-refractivity contribution is 0.0984. The van der Waals surface area contributed by atoms with Crippen molar-refractivity contribution in [3.8, 4) is 0 Å². The maximum Gasteiger partial charge on any atom is 0.260 e. The standard InChI is InChI=1S/C20H12ClF2N3OS/c21-14-4-6-17-18(9-14)28-20(25-17)26(11-12-2-1-7-24-10-12)19(27)13-3-5-15(22)16(23)8-13/h1-10H,11H2. The average molecular weight is 416 g/mol. The molecule has 1 amide bonds. The summed E-state index contributed by atoms with van der Waals surface area (Å²) in [5.41, 5.74) is 1.49. The van der Waals surface area contributed by atoms with Gasteiger partial charge < -0.3 is 0 Å². The van der Waals surface area contributed by atoms with Gasteiger partial charge in [0, 0.05) is 23.0 Å². The van der Waals surface area contributed by atoms with E-state index in [0.717, 1.165) is 22.4 Å². The average Bonchev–Trinajstić information content (AvgIpc) is 3.11. The minimum atomic E-state index is -1.08. The molecule has 0 aliphatic heterocycles. The zero-order chi connectivity index (χ0) is 19.7. The molecular weight excluding hydrogens is 404 g/mol. The Morgan fingerprint density at radius 2 is 1.96 bits per heavy atom. The van der Waals surface area contributed by atoms with E-state index in [2.05, 4.69) is 9.97 Å². The van der Waals surface area contributed by atoms with Crippen LogP contribution in [0.15, 0.2) is 60.9 Å². The lowest BCUT2D eigenvalue weighted by atomic mass is 10.1. The van der Waals surface area contributed by atoms with E-state index in [1.807, 2.05) is 6.07 Å². The van der Waals surface area contributed by atoms with Gasteiger partial charge in [0.15, 0.2) is 16.8 Å². The van der Waals surface area contributed by atoms with E-state index in [1.165, 1.54) is 22.3 Å². The van der Waals surface area contributed by atoms with Gasteiger partial charge in [-0.1, -0.05) is 29.0 Å². The summed E-state index contributed by atoms with van der Waals surface area (Å²) in [6, 6.07) is 11.9. The largest absolute Gasteiger partial charge is 0.279 e. The first kappa shape index (κ1) is 18.5. The number of hydrogen-bond donors (Lipinski definition) is 0. The Morgan fingerprint density at radius 3 is 2.71 bits per heavy atom. The number of rotatable bonds is 4. The molecular formula is C20H12ClF2N3OS. The number of anilines is 1. The molecule has 8 heteroatoms. The molecule has 0 fully saturated rings. The predicted molar refractivity (Wildman–Crippen MR) is 106 cm³/mol. The second-order valence-corrected chi connectivity index (χ2v) is 7.44. The number of benzene rings is 2. The Labute approximate surface area is 168 Å². The molecule has 2 aromatic heterocycles. The quantitative estimate of drug-likeness (QED) is 0.444. The molecule has 0 unspecified atom stereocenters. The highest BCUT2D eigenvalue weighted by atomic mass is 35.5. The van der Waals surface area contributed by atoms with E-state index >= 15 is 0 Å². The van der Waals surface area contributed by atoms with Gasteiger partial charge >= 0.3 is 0 Å². The maximum absolute atomic E-state index is 13.7. The number of fused-ring (bicyclic) bond motifs is 1. The molecule has 4 nitrogen and oxygen atoms in total. The number of hydrogen-bond acceptors (Lipinski definition) is 4. The van der Waals surface area contributed by atoms with Crippen LogP contribution in [0.4, 0.5) is 13.9 Å². The van der Waals surface area contributed by atoms with Crippen LogP contribution < -0.4 is 4.90 Å². The van der Waals surface area contributed by atoms with Gasteiger partial charge in [0.2, 0.25) is 0 Å². The van der Waals surface area contributed by atoms with Crippen LogP contribution in [0.5, 0.6) is 0 Å². The summed E-state index contributed by atoms with van der Waals surface area (Å²) in [7, 11) is 0. The van der Waals surface area contributed by atoms with Gasteiger partial charge in [-0.2, -0.15) is 0 Å². The molecule has 0 radical (unpaired) electrons. The van der Waals surface area contributed by atoms with Crippen molar-refractivity contribution in [3.63, 3.8) is 0 Å². The lowest BCUT2D eigenvalue weighted by Crippen LogP contribution is -2.30. The lowest BCUT2D eigenvalue weighted by Gasteiger charge is -2.20. The molecule has 0 aliphatic carbocycles. The minimum Gasteiger partial charge on any atom is -0.279 e. The molecule has 4 rings (SSSR count). The van der Waals surface area contributed by atoms with Crippen molar-refractivity contribution in [1.82, 2.24) is 9.97 Å². The molecule has 2 heterocycles. The van der Waals surface area contributed by atoms with Crippen molar-refractivity contribution >= 4 is 44.2 Å². The van der Waals surface area contributed by atoms with Gasteiger partial charge in [-0.3, -0.25) is 14.7 Å². The number of nitrogens with zero attached hydrogens (tertiary/aromatic N) is 3. The number of aromatic nitrogens is 2. The van der Waals surface area contributed by atoms with Gasteiger partial charge in [-0.15, -0.1) is 0 Å². The van der Waals surface area contributed by atoms with Crippen molar-refractivity contribution in [3.05, 3.63) is 88.7 Å². The molecule has 2 aromatic carbocycles. The zero-order valence-corrected chi connectivity index (χ0v) is 15.8. The highest BCUT2D eigenvalue weighted by molar-refractivity contribution is 7.22. The molecule has 0 bridgehead atoms. The van der Waals surface area contributed by atoms with E-state index < -0.39 is 17.5 Å². The molecule has 0 spiro atoms. The molecule has 140 valence electrons. The first-order valence-corrected chi connectivity index (χ1v) is 9.42. The molecule has 0 N–H and O–H groups in total. The fourth-order valence-electron chi connectivity index (χ4n) is 2.69. The zero-order valence-electron chi connectivity index (χ0n) is 14.3. The Hall–Kier alpha value is -2.90. The Balaban J connectivity index is 1.78. The van der Waals surface area contributed by atoms with Crippen LogP contribution in [0.1, 0.15) is 15.9 Å². The molecule has 28 heavy (non-hydrogen) atoms. The number of carbonyl (C=O) groups is 1. The fraction of sp³-hybridized carbons (Fsp3) is 0.0500. The number of amides is 1. The van der Waals surface area contributed by atoms with Gasteiger partial charge in [-0.25, -0.2) is 13.8 Å². The van der Waals surface area contributed by atoms with E-state index in [0.29, 0.717) is 15.7 Å². The van der Waals surface area contributed by atoms with Crippen molar-refractivity contribution in [2.75, 3.05) is 4.90 Å². The highest BCUT2D eigenvalue weighted by Gasteiger charge is 2.23. The van der Waals surface area contributed by atoms with E-state index in [-0.39, 0.29) is 12.1 Å². The molecule has 4 aromatic rings. The third kappa shape index (κ3) is 3.72. The first-order chi connectivity index (χ1) is 13.5. The van der Waals surface area contributed by atoms with Crippen LogP contribution in [-0.4, -0.2) is 15.9 Å². The maximum atomic E-state index is 13.7. The van der Waals surface area contributed by atoms with Crippen molar-refractivity contribution in [2.24, 2.45) is 0 Å². The topological polar surface area (TPSA) is 46.1 Å². The SMILES string of the molecule is O=C(c1ccc(F)c(F)c1)N(Cc1cccnc1)c1nc2ccc(Cl)cc2s1. The summed E-state index contributed by atoms with van der Waals surface area (Å²) in [6.45, 7) is 0.180. The number of pyridine rings is 1. The summed E-state index contributed by atoms with van der Waals surface area (Å²) in [4.78, 5) is 23.1. The Bertz CT molecular complexity index is 1170. The fourth-order valence-corrected chi connectivity index (χ4v) is 3.93. The van der Waals surface area contributed by atoms with Crippen LogP contribution in [0.25, 0.3) is 10.2 Å². The summed E-state index contributed by atoms with van der Waals surface area (Å²) < 4.78 is 27.8. The van der Waals surface area contributed by atoms with Gasteiger partial charge in [0.25, 0.3) is 5.91 Å². The normalized spacial score (nSPS) is 11.0. The van der Waals surface area contributed by atoms with Crippen LogP contribution in [0.3, 0.4) is 0 Å². The van der Waals surface area contributed by atoms with Crippen molar-refractivity contribution < 1.29 is 13.6 Å². The smallest absolute Gasteiger partial charge is 0.260 e. The first-order valence-electron chi connectivity index (χ1n) is 8.23. The van der Waals surface area contributed by atoms with Crippen molar-refractivity contribution in [2.45, 2.75) is 6.54 Å². The van der Waals surface area contributed by atoms with Gasteiger partial charge in [0.05, 0.1) is 16.8 Å². The van der Waals surface area contributed by atoms with Crippen molar-refractivity contribution in [1.29, 1.82) is 0 Å². The molecule has 0 aliphatic rings. The third-order valence-corrected chi connectivity index (χ3v) is 5.32. The summed E-state index contributed by atoms with van der Waals surface area (Å²) in [5.74, 6) is -2.58. The molecule has 0 saturated carbocycles. The second-order valence-electron chi connectivity index (χ2n) is 5.99. The summed E-state index contributed by atoms with van der Waals surface area (Å²) >= 11 is 7.33. The minimum absolute atomic E-state index is 0.0279.